The summed E-state index contributed by atoms with van der Waals surface area (Å²) in [5.41, 5.74) is 2.55. The van der Waals surface area contributed by atoms with E-state index in [1.165, 1.54) is 0 Å². The molecule has 2 aromatic carbocycles. The van der Waals surface area contributed by atoms with Crippen molar-refractivity contribution in [3.8, 4) is 0 Å². The quantitative estimate of drug-likeness (QED) is 0.796. The Morgan fingerprint density at radius 3 is 2.44 bits per heavy atom. The molecule has 1 saturated heterocycles. The number of likely N-dealkylation sites (tertiary alicyclic amines) is 1. The third-order valence-corrected chi connectivity index (χ3v) is 4.72. The van der Waals surface area contributed by atoms with E-state index in [9.17, 15) is 9.59 Å². The molecule has 27 heavy (non-hydrogen) atoms. The van der Waals surface area contributed by atoms with Crippen molar-refractivity contribution in [2.75, 3.05) is 18.9 Å². The van der Waals surface area contributed by atoms with Gasteiger partial charge in [0, 0.05) is 30.8 Å². The van der Waals surface area contributed by atoms with Gasteiger partial charge in [-0.05, 0) is 41.8 Å². The number of likely N-dealkylation sites (N-methyl/N-ethyl adjacent to an activating group) is 1. The molecule has 0 radical (unpaired) electrons. The molecule has 7 heteroatoms. The number of carbonyl (C=O) groups is 2. The van der Waals surface area contributed by atoms with E-state index in [1.807, 2.05) is 43.4 Å². The summed E-state index contributed by atoms with van der Waals surface area (Å²) in [7, 11) is 1.82. The summed E-state index contributed by atoms with van der Waals surface area (Å²) < 4.78 is 5.19. The monoisotopic (exact) mass is 387 g/mol. The number of ether oxygens (including phenoxy) is 1. The Kier molecular flexibility index (Phi) is 6.32. The van der Waals surface area contributed by atoms with Gasteiger partial charge in [-0.25, -0.2) is 4.79 Å². The van der Waals surface area contributed by atoms with Crippen LogP contribution in [0, 0.1) is 0 Å². The zero-order chi connectivity index (χ0) is 19.2. The molecule has 1 aliphatic heterocycles. The number of halogens is 1. The second-order valence-corrected chi connectivity index (χ2v) is 6.94. The van der Waals surface area contributed by atoms with Crippen molar-refractivity contribution in [2.24, 2.45) is 0 Å². The molecule has 2 amide bonds. The highest BCUT2D eigenvalue weighted by atomic mass is 35.5. The largest absolute Gasteiger partial charge is 0.444 e. The summed E-state index contributed by atoms with van der Waals surface area (Å²) in [5.74, 6) is 0.136. The van der Waals surface area contributed by atoms with Crippen molar-refractivity contribution in [3.05, 3.63) is 64.7 Å². The molecule has 1 atom stereocenters. The maximum absolute atomic E-state index is 11.9. The van der Waals surface area contributed by atoms with Gasteiger partial charge in [0.15, 0.2) is 0 Å². The third kappa shape index (κ3) is 5.45. The van der Waals surface area contributed by atoms with Crippen LogP contribution in [0.3, 0.4) is 0 Å². The van der Waals surface area contributed by atoms with Crippen molar-refractivity contribution in [2.45, 2.75) is 25.6 Å². The first-order valence-electron chi connectivity index (χ1n) is 8.77. The van der Waals surface area contributed by atoms with E-state index >= 15 is 0 Å². The molecule has 0 spiro atoms. The van der Waals surface area contributed by atoms with Crippen molar-refractivity contribution < 1.29 is 14.3 Å². The third-order valence-electron chi connectivity index (χ3n) is 4.46. The van der Waals surface area contributed by atoms with Gasteiger partial charge in [0.2, 0.25) is 5.91 Å². The minimum atomic E-state index is -0.518. The van der Waals surface area contributed by atoms with Gasteiger partial charge in [-0.15, -0.1) is 0 Å². The number of nitrogens with one attached hydrogen (secondary N) is 2. The molecular formula is C20H22ClN3O3. The number of rotatable bonds is 6. The number of nitrogens with zero attached hydrogens (tertiary/aromatic N) is 1. The highest BCUT2D eigenvalue weighted by Crippen LogP contribution is 2.14. The zero-order valence-corrected chi connectivity index (χ0v) is 15.8. The maximum Gasteiger partial charge on any atom is 0.411 e. The van der Waals surface area contributed by atoms with Gasteiger partial charge in [0.1, 0.15) is 6.61 Å². The van der Waals surface area contributed by atoms with E-state index in [0.717, 1.165) is 24.1 Å². The highest BCUT2D eigenvalue weighted by Gasteiger charge is 2.28. The topological polar surface area (TPSA) is 70.7 Å². The first kappa shape index (κ1) is 19.2. The maximum atomic E-state index is 11.9. The van der Waals surface area contributed by atoms with E-state index in [4.69, 9.17) is 16.3 Å². The van der Waals surface area contributed by atoms with Gasteiger partial charge in [0.25, 0.3) is 0 Å². The van der Waals surface area contributed by atoms with Gasteiger partial charge in [0.05, 0.1) is 6.04 Å². The second-order valence-electron chi connectivity index (χ2n) is 6.51. The molecule has 0 aromatic heterocycles. The van der Waals surface area contributed by atoms with Crippen LogP contribution in [-0.4, -0.2) is 36.5 Å². The van der Waals surface area contributed by atoms with Crippen LogP contribution >= 0.6 is 11.6 Å². The van der Waals surface area contributed by atoms with E-state index in [1.54, 1.807) is 17.0 Å². The SMILES string of the molecule is CN1CC[C@H](NCc2ccc(NC(=O)OCc3ccc(Cl)cc3)cc2)C1=O. The summed E-state index contributed by atoms with van der Waals surface area (Å²) >= 11 is 5.82. The lowest BCUT2D eigenvalue weighted by Crippen LogP contribution is -2.36. The Morgan fingerprint density at radius 2 is 1.81 bits per heavy atom. The molecule has 2 aromatic rings. The molecule has 1 fully saturated rings. The Hall–Kier alpha value is -2.57. The van der Waals surface area contributed by atoms with Crippen LogP contribution in [0.25, 0.3) is 0 Å². The number of anilines is 1. The molecule has 0 saturated carbocycles. The van der Waals surface area contributed by atoms with Gasteiger partial charge < -0.3 is 15.0 Å². The van der Waals surface area contributed by atoms with E-state index in [2.05, 4.69) is 10.6 Å². The van der Waals surface area contributed by atoms with Crippen LogP contribution in [-0.2, 0) is 22.7 Å². The molecular weight excluding hydrogens is 366 g/mol. The van der Waals surface area contributed by atoms with Crippen molar-refractivity contribution in [3.63, 3.8) is 0 Å². The average molecular weight is 388 g/mol. The second kappa shape index (κ2) is 8.88. The van der Waals surface area contributed by atoms with Gasteiger partial charge >= 0.3 is 6.09 Å². The summed E-state index contributed by atoms with van der Waals surface area (Å²) in [4.78, 5) is 25.5. The number of benzene rings is 2. The van der Waals surface area contributed by atoms with Crippen molar-refractivity contribution >= 4 is 29.3 Å². The molecule has 2 N–H and O–H groups in total. The molecule has 1 heterocycles. The fraction of sp³-hybridized carbons (Fsp3) is 0.300. The predicted molar refractivity (Wildman–Crippen MR) is 105 cm³/mol. The average Bonchev–Trinajstić information content (AvgIpc) is 2.99. The molecule has 142 valence electrons. The predicted octanol–water partition coefficient (Wildman–Crippen LogP) is 3.41. The lowest BCUT2D eigenvalue weighted by Gasteiger charge is -2.12. The Balaban J connectivity index is 1.43. The first-order chi connectivity index (χ1) is 13.0. The minimum absolute atomic E-state index is 0.115. The van der Waals surface area contributed by atoms with Crippen LogP contribution in [0.5, 0.6) is 0 Å². The number of hydrogen-bond acceptors (Lipinski definition) is 4. The molecule has 6 nitrogen and oxygen atoms in total. The summed E-state index contributed by atoms with van der Waals surface area (Å²) in [5, 5.41) is 6.60. The summed E-state index contributed by atoms with van der Waals surface area (Å²) in [6, 6.07) is 14.4. The number of hydrogen-bond donors (Lipinski definition) is 2. The van der Waals surface area contributed by atoms with E-state index in [0.29, 0.717) is 17.3 Å². The minimum Gasteiger partial charge on any atom is -0.444 e. The van der Waals surface area contributed by atoms with Crippen LogP contribution in [0.1, 0.15) is 17.5 Å². The smallest absolute Gasteiger partial charge is 0.411 e. The first-order valence-corrected chi connectivity index (χ1v) is 9.14. The summed E-state index contributed by atoms with van der Waals surface area (Å²) in [6.07, 6.45) is 0.310. The van der Waals surface area contributed by atoms with Gasteiger partial charge in [-0.2, -0.15) is 0 Å². The Morgan fingerprint density at radius 1 is 1.15 bits per heavy atom. The Bertz CT molecular complexity index is 793. The van der Waals surface area contributed by atoms with Crippen molar-refractivity contribution in [1.29, 1.82) is 0 Å². The molecule has 0 bridgehead atoms. The number of carbonyl (C=O) groups excluding carboxylic acids is 2. The highest BCUT2D eigenvalue weighted by molar-refractivity contribution is 6.30. The van der Waals surface area contributed by atoms with Crippen molar-refractivity contribution in [1.82, 2.24) is 10.2 Å². The van der Waals surface area contributed by atoms with Crippen LogP contribution in [0.4, 0.5) is 10.5 Å². The molecule has 3 rings (SSSR count). The summed E-state index contributed by atoms with van der Waals surface area (Å²) in [6.45, 7) is 1.57. The van der Waals surface area contributed by atoms with E-state index < -0.39 is 6.09 Å². The molecule has 0 aliphatic carbocycles. The fourth-order valence-electron chi connectivity index (χ4n) is 2.84. The normalized spacial score (nSPS) is 16.4. The van der Waals surface area contributed by atoms with Gasteiger partial charge in [-0.3, -0.25) is 10.1 Å². The number of amides is 2. The van der Waals surface area contributed by atoms with Crippen LogP contribution in [0.15, 0.2) is 48.5 Å². The van der Waals surface area contributed by atoms with E-state index in [-0.39, 0.29) is 18.6 Å². The fourth-order valence-corrected chi connectivity index (χ4v) is 2.97. The lowest BCUT2D eigenvalue weighted by atomic mass is 10.2. The van der Waals surface area contributed by atoms with Crippen LogP contribution < -0.4 is 10.6 Å². The Labute approximate surface area is 163 Å². The molecule has 0 unspecified atom stereocenters. The zero-order valence-electron chi connectivity index (χ0n) is 15.1. The van der Waals surface area contributed by atoms with Gasteiger partial charge in [-0.1, -0.05) is 35.9 Å². The lowest BCUT2D eigenvalue weighted by molar-refractivity contribution is -0.128. The standard InChI is InChI=1S/C20H22ClN3O3/c1-24-11-10-18(19(24)25)22-12-14-4-8-17(9-5-14)23-20(26)27-13-15-2-6-16(21)7-3-15/h2-9,18,22H,10-13H2,1H3,(H,23,26)/t18-/m0/s1. The molecule has 1 aliphatic rings. The van der Waals surface area contributed by atoms with Crippen LogP contribution in [0.2, 0.25) is 5.02 Å².